The molecule has 1 aromatic heterocycles. The van der Waals surface area contributed by atoms with Crippen LogP contribution in [0.4, 0.5) is 0 Å². The van der Waals surface area contributed by atoms with Crippen molar-refractivity contribution >= 4 is 41.3 Å². The minimum atomic E-state index is 0. The Labute approximate surface area is 172 Å². The zero-order valence-corrected chi connectivity index (χ0v) is 18.9. The van der Waals surface area contributed by atoms with Gasteiger partial charge in [-0.3, -0.25) is 4.90 Å². The largest absolute Gasteiger partial charge is 0.379 e. The Bertz CT molecular complexity index is 523. The molecule has 0 bridgehead atoms. The van der Waals surface area contributed by atoms with Gasteiger partial charge < -0.3 is 15.4 Å². The van der Waals surface area contributed by atoms with Crippen molar-refractivity contribution in [3.8, 4) is 0 Å². The average molecular weight is 481 g/mol. The summed E-state index contributed by atoms with van der Waals surface area (Å²) in [5.41, 5.74) is 1.14. The quantitative estimate of drug-likeness (QED) is 0.372. The van der Waals surface area contributed by atoms with Crippen LogP contribution in [0, 0.1) is 0 Å². The van der Waals surface area contributed by atoms with Crippen molar-refractivity contribution in [2.45, 2.75) is 39.7 Å². The Morgan fingerprint density at radius 3 is 2.64 bits per heavy atom. The lowest BCUT2D eigenvalue weighted by Gasteiger charge is -2.26. The standard InChI is InChI=1S/C17H31N5OS.HI/c1-5-18-16(19-6-7-22-8-10-23-11-9-22)20-12-14-13-24-15(21-14)17(2,3)4;/h13H,5-12H2,1-4H3,(H2,18,19,20);1H. The number of halogens is 1. The van der Waals surface area contributed by atoms with Gasteiger partial charge in [0.15, 0.2) is 5.96 Å². The molecule has 1 aliphatic rings. The summed E-state index contributed by atoms with van der Waals surface area (Å²) in [5.74, 6) is 0.857. The number of aromatic nitrogens is 1. The van der Waals surface area contributed by atoms with Gasteiger partial charge >= 0.3 is 0 Å². The lowest BCUT2D eigenvalue weighted by atomic mass is 9.98. The second-order valence-electron chi connectivity index (χ2n) is 6.97. The van der Waals surface area contributed by atoms with Crippen molar-refractivity contribution in [3.63, 3.8) is 0 Å². The number of aliphatic imine (C=N–C) groups is 1. The molecule has 0 unspecified atom stereocenters. The molecular weight excluding hydrogens is 449 g/mol. The van der Waals surface area contributed by atoms with Crippen LogP contribution in [0.5, 0.6) is 0 Å². The van der Waals surface area contributed by atoms with Crippen LogP contribution in [0.1, 0.15) is 38.4 Å². The third-order valence-electron chi connectivity index (χ3n) is 3.76. The van der Waals surface area contributed by atoms with Gasteiger partial charge in [0, 0.05) is 43.5 Å². The van der Waals surface area contributed by atoms with Crippen LogP contribution < -0.4 is 10.6 Å². The average Bonchev–Trinajstić information content (AvgIpc) is 3.03. The Morgan fingerprint density at radius 2 is 2.04 bits per heavy atom. The van der Waals surface area contributed by atoms with E-state index in [9.17, 15) is 0 Å². The predicted octanol–water partition coefficient (Wildman–Crippen LogP) is 2.45. The Hall–Kier alpha value is -0.450. The van der Waals surface area contributed by atoms with Crippen molar-refractivity contribution in [1.82, 2.24) is 20.5 Å². The first-order valence-electron chi connectivity index (χ1n) is 8.76. The maximum atomic E-state index is 5.37. The Morgan fingerprint density at radius 1 is 1.32 bits per heavy atom. The fourth-order valence-electron chi connectivity index (χ4n) is 2.38. The van der Waals surface area contributed by atoms with Crippen molar-refractivity contribution in [3.05, 3.63) is 16.1 Å². The maximum absolute atomic E-state index is 5.37. The molecule has 144 valence electrons. The number of guanidine groups is 1. The zero-order valence-electron chi connectivity index (χ0n) is 15.8. The number of morpholine rings is 1. The van der Waals surface area contributed by atoms with Gasteiger partial charge in [0.25, 0.3) is 0 Å². The van der Waals surface area contributed by atoms with Gasteiger partial charge in [-0.25, -0.2) is 9.98 Å². The Balaban J connectivity index is 0.00000312. The lowest BCUT2D eigenvalue weighted by molar-refractivity contribution is 0.0389. The first kappa shape index (κ1) is 22.6. The second-order valence-corrected chi connectivity index (χ2v) is 7.83. The highest BCUT2D eigenvalue weighted by molar-refractivity contribution is 14.0. The molecule has 0 radical (unpaired) electrons. The maximum Gasteiger partial charge on any atom is 0.191 e. The molecule has 0 spiro atoms. The van der Waals surface area contributed by atoms with Gasteiger partial charge in [-0.15, -0.1) is 35.3 Å². The smallest absolute Gasteiger partial charge is 0.191 e. The van der Waals surface area contributed by atoms with E-state index >= 15 is 0 Å². The molecule has 0 atom stereocenters. The van der Waals surface area contributed by atoms with Crippen LogP contribution >= 0.6 is 35.3 Å². The second kappa shape index (κ2) is 11.3. The van der Waals surface area contributed by atoms with Crippen molar-refractivity contribution in [2.75, 3.05) is 45.9 Å². The van der Waals surface area contributed by atoms with Crippen LogP contribution in [0.15, 0.2) is 10.4 Å². The van der Waals surface area contributed by atoms with E-state index in [-0.39, 0.29) is 29.4 Å². The van der Waals surface area contributed by atoms with Crippen molar-refractivity contribution in [1.29, 1.82) is 0 Å². The first-order chi connectivity index (χ1) is 11.5. The Kier molecular flexibility index (Phi) is 10.2. The van der Waals surface area contributed by atoms with Crippen LogP contribution in [0.3, 0.4) is 0 Å². The van der Waals surface area contributed by atoms with E-state index in [0.29, 0.717) is 6.54 Å². The molecule has 0 saturated carbocycles. The summed E-state index contributed by atoms with van der Waals surface area (Å²) < 4.78 is 5.37. The number of ether oxygens (including phenoxy) is 1. The van der Waals surface area contributed by atoms with E-state index in [1.165, 1.54) is 0 Å². The highest BCUT2D eigenvalue weighted by Crippen LogP contribution is 2.25. The third-order valence-corrected chi connectivity index (χ3v) is 5.08. The van der Waals surface area contributed by atoms with E-state index in [0.717, 1.165) is 62.6 Å². The number of rotatable bonds is 6. The molecule has 1 aliphatic heterocycles. The molecule has 6 nitrogen and oxygen atoms in total. The first-order valence-corrected chi connectivity index (χ1v) is 9.64. The van der Waals surface area contributed by atoms with Crippen molar-refractivity contribution in [2.24, 2.45) is 4.99 Å². The zero-order chi connectivity index (χ0) is 17.4. The van der Waals surface area contributed by atoms with Crippen LogP contribution in [-0.2, 0) is 16.7 Å². The molecular formula is C17H32IN5OS. The third kappa shape index (κ3) is 8.19. The predicted molar refractivity (Wildman–Crippen MR) is 116 cm³/mol. The fourth-order valence-corrected chi connectivity index (χ4v) is 3.28. The molecule has 8 heteroatoms. The summed E-state index contributed by atoms with van der Waals surface area (Å²) >= 11 is 1.72. The topological polar surface area (TPSA) is 61.8 Å². The number of hydrogen-bond donors (Lipinski definition) is 2. The highest BCUT2D eigenvalue weighted by Gasteiger charge is 2.17. The number of thiazole rings is 1. The molecule has 0 amide bonds. The summed E-state index contributed by atoms with van der Waals surface area (Å²) in [5, 5.41) is 9.98. The minimum Gasteiger partial charge on any atom is -0.379 e. The molecule has 2 heterocycles. The number of hydrogen-bond acceptors (Lipinski definition) is 5. The van der Waals surface area contributed by atoms with Gasteiger partial charge in [-0.2, -0.15) is 0 Å². The van der Waals surface area contributed by atoms with E-state index in [4.69, 9.17) is 9.72 Å². The molecule has 1 saturated heterocycles. The van der Waals surface area contributed by atoms with E-state index < -0.39 is 0 Å². The van der Waals surface area contributed by atoms with Gasteiger partial charge in [-0.1, -0.05) is 20.8 Å². The molecule has 0 aromatic carbocycles. The normalized spacial score (nSPS) is 16.4. The molecule has 1 aromatic rings. The summed E-state index contributed by atoms with van der Waals surface area (Å²) in [7, 11) is 0. The minimum absolute atomic E-state index is 0. The van der Waals surface area contributed by atoms with E-state index in [1.807, 2.05) is 0 Å². The molecule has 0 aliphatic carbocycles. The molecule has 1 fully saturated rings. The summed E-state index contributed by atoms with van der Waals surface area (Å²) in [4.78, 5) is 11.8. The van der Waals surface area contributed by atoms with Gasteiger partial charge in [0.2, 0.25) is 0 Å². The van der Waals surface area contributed by atoms with Crippen LogP contribution in [0.2, 0.25) is 0 Å². The molecule has 2 N–H and O–H groups in total. The summed E-state index contributed by atoms with van der Waals surface area (Å²) in [6, 6.07) is 0. The molecule has 2 rings (SSSR count). The van der Waals surface area contributed by atoms with E-state index in [1.54, 1.807) is 11.3 Å². The van der Waals surface area contributed by atoms with Gasteiger partial charge in [0.05, 0.1) is 30.5 Å². The van der Waals surface area contributed by atoms with Gasteiger partial charge in [-0.05, 0) is 6.92 Å². The SMILES string of the molecule is CCNC(=NCc1csc(C(C)(C)C)n1)NCCN1CCOCC1.I. The molecule has 25 heavy (non-hydrogen) atoms. The highest BCUT2D eigenvalue weighted by atomic mass is 127. The monoisotopic (exact) mass is 481 g/mol. The number of nitrogens with one attached hydrogen (secondary N) is 2. The lowest BCUT2D eigenvalue weighted by Crippen LogP contribution is -2.44. The van der Waals surface area contributed by atoms with Crippen molar-refractivity contribution < 1.29 is 4.74 Å². The van der Waals surface area contributed by atoms with E-state index in [2.05, 4.69) is 53.6 Å². The fraction of sp³-hybridized carbons (Fsp3) is 0.765. The number of nitrogens with zero attached hydrogens (tertiary/aromatic N) is 3. The van der Waals surface area contributed by atoms with Crippen LogP contribution in [0.25, 0.3) is 0 Å². The summed E-state index contributed by atoms with van der Waals surface area (Å²) in [6.45, 7) is 15.7. The van der Waals surface area contributed by atoms with Gasteiger partial charge in [0.1, 0.15) is 0 Å². The summed E-state index contributed by atoms with van der Waals surface area (Å²) in [6.07, 6.45) is 0. The van der Waals surface area contributed by atoms with Crippen LogP contribution in [-0.4, -0.2) is 61.8 Å².